The number of likely N-dealkylation sites (tertiary alicyclic amines) is 1. The average Bonchev–Trinajstić information content (AvgIpc) is 3.18. The molecule has 28 heavy (non-hydrogen) atoms. The van der Waals surface area contributed by atoms with E-state index in [1.807, 2.05) is 0 Å². The van der Waals surface area contributed by atoms with Crippen molar-refractivity contribution in [3.63, 3.8) is 0 Å². The Morgan fingerprint density at radius 2 is 1.71 bits per heavy atom. The second-order valence-corrected chi connectivity index (χ2v) is 7.29. The maximum Gasteiger partial charge on any atom is 0.177 e. The monoisotopic (exact) mass is 387 g/mol. The van der Waals surface area contributed by atoms with E-state index in [0.717, 1.165) is 38.9 Å². The van der Waals surface area contributed by atoms with E-state index in [-0.39, 0.29) is 28.7 Å². The molecule has 3 N–H and O–H groups in total. The molecule has 2 heterocycles. The highest BCUT2D eigenvalue weighted by molar-refractivity contribution is 6.03. The highest BCUT2D eigenvalue weighted by atomic mass is 16.7. The molecule has 8 nitrogen and oxygen atoms in total. The van der Waals surface area contributed by atoms with Crippen molar-refractivity contribution in [3.8, 4) is 11.5 Å². The highest BCUT2D eigenvalue weighted by Crippen LogP contribution is 2.48. The van der Waals surface area contributed by atoms with Gasteiger partial charge in [-0.1, -0.05) is 24.3 Å². The van der Waals surface area contributed by atoms with Crippen molar-refractivity contribution in [3.05, 3.63) is 29.2 Å². The molecule has 2 saturated heterocycles. The number of phenolic OH excluding ortho intramolecular Hbond substituents is 2. The van der Waals surface area contributed by atoms with Crippen LogP contribution < -0.4 is 5.32 Å². The van der Waals surface area contributed by atoms with Gasteiger partial charge in [-0.15, -0.1) is 4.91 Å². The first-order chi connectivity index (χ1) is 13.6. The fourth-order valence-electron chi connectivity index (χ4n) is 4.06. The molecule has 0 amide bonds. The van der Waals surface area contributed by atoms with Crippen LogP contribution in [0.3, 0.4) is 0 Å². The van der Waals surface area contributed by atoms with Gasteiger partial charge in [0.15, 0.2) is 17.2 Å². The zero-order chi connectivity index (χ0) is 19.6. The van der Waals surface area contributed by atoms with Crippen LogP contribution in [0.5, 0.6) is 11.5 Å². The Balaban J connectivity index is 1.36. The molecule has 1 spiro atoms. The quantitative estimate of drug-likeness (QED) is 0.302. The van der Waals surface area contributed by atoms with E-state index < -0.39 is 0 Å². The molecule has 0 bridgehead atoms. The average molecular weight is 387 g/mol. The molecule has 2 fully saturated rings. The molecule has 150 valence electrons. The van der Waals surface area contributed by atoms with Crippen molar-refractivity contribution >= 4 is 22.1 Å². The summed E-state index contributed by atoms with van der Waals surface area (Å²) in [6.07, 6.45) is 2.57. The normalized spacial score (nSPS) is 19.3. The molecule has 0 atom stereocenters. The van der Waals surface area contributed by atoms with Crippen LogP contribution in [0.1, 0.15) is 19.3 Å². The van der Waals surface area contributed by atoms with Gasteiger partial charge in [0.25, 0.3) is 0 Å². The Morgan fingerprint density at radius 1 is 1.07 bits per heavy atom. The van der Waals surface area contributed by atoms with Gasteiger partial charge in [0.1, 0.15) is 11.4 Å². The summed E-state index contributed by atoms with van der Waals surface area (Å²) in [4.78, 5) is 13.6. The molecule has 2 aliphatic rings. The number of benzene rings is 2. The van der Waals surface area contributed by atoms with E-state index >= 15 is 0 Å². The van der Waals surface area contributed by atoms with Crippen LogP contribution in [0.4, 0.5) is 11.4 Å². The van der Waals surface area contributed by atoms with Crippen molar-refractivity contribution in [1.82, 2.24) is 4.90 Å². The van der Waals surface area contributed by atoms with Crippen LogP contribution in [0.2, 0.25) is 0 Å². The number of nitrogens with zero attached hydrogens (tertiary/aromatic N) is 2. The van der Waals surface area contributed by atoms with Crippen molar-refractivity contribution in [2.75, 3.05) is 44.7 Å². The maximum absolute atomic E-state index is 11.3. The van der Waals surface area contributed by atoms with Gasteiger partial charge in [0, 0.05) is 43.2 Å². The molecule has 2 aliphatic heterocycles. The number of phenols is 2. The predicted molar refractivity (Wildman–Crippen MR) is 106 cm³/mol. The topological polar surface area (TPSA) is 104 Å². The highest BCUT2D eigenvalue weighted by Gasteiger charge is 2.39. The molecule has 0 aliphatic carbocycles. The predicted octanol–water partition coefficient (Wildman–Crippen LogP) is 3.29. The number of fused-ring (bicyclic) bond motifs is 1. The molecular weight excluding hydrogens is 362 g/mol. The van der Waals surface area contributed by atoms with Crippen LogP contribution in [-0.4, -0.2) is 60.3 Å². The van der Waals surface area contributed by atoms with E-state index in [1.54, 1.807) is 24.3 Å². The van der Waals surface area contributed by atoms with Gasteiger partial charge in [-0.25, -0.2) is 0 Å². The van der Waals surface area contributed by atoms with Crippen LogP contribution >= 0.6 is 0 Å². The number of nitroso groups, excluding NO2 is 1. The fraction of sp³-hybridized carbons (Fsp3) is 0.500. The van der Waals surface area contributed by atoms with Crippen molar-refractivity contribution in [2.45, 2.75) is 25.0 Å². The first kappa shape index (κ1) is 18.9. The van der Waals surface area contributed by atoms with Crippen LogP contribution in [0.15, 0.2) is 29.4 Å². The van der Waals surface area contributed by atoms with Gasteiger partial charge >= 0.3 is 0 Å². The second kappa shape index (κ2) is 7.90. The lowest BCUT2D eigenvalue weighted by Crippen LogP contribution is -2.45. The summed E-state index contributed by atoms with van der Waals surface area (Å²) in [6, 6.07) is 6.83. The van der Waals surface area contributed by atoms with Crippen molar-refractivity contribution in [2.24, 2.45) is 5.18 Å². The minimum Gasteiger partial charge on any atom is -0.505 e. The van der Waals surface area contributed by atoms with Gasteiger partial charge in [-0.2, -0.15) is 0 Å². The van der Waals surface area contributed by atoms with Gasteiger partial charge < -0.3 is 29.9 Å². The number of rotatable bonds is 6. The molecule has 2 aromatic carbocycles. The number of ether oxygens (including phenoxy) is 2. The van der Waals surface area contributed by atoms with Crippen LogP contribution in [0.25, 0.3) is 10.8 Å². The molecule has 0 aromatic heterocycles. The van der Waals surface area contributed by atoms with Crippen molar-refractivity contribution < 1.29 is 19.7 Å². The Labute approximate surface area is 163 Å². The number of aromatic hydroxyl groups is 2. The van der Waals surface area contributed by atoms with Gasteiger partial charge in [0.2, 0.25) is 0 Å². The molecule has 0 saturated carbocycles. The van der Waals surface area contributed by atoms with E-state index in [4.69, 9.17) is 9.47 Å². The minimum atomic E-state index is -0.367. The molecule has 8 heteroatoms. The maximum atomic E-state index is 11.3. The summed E-state index contributed by atoms with van der Waals surface area (Å²) >= 11 is 0. The van der Waals surface area contributed by atoms with Crippen LogP contribution in [0, 0.1) is 4.91 Å². The number of nitrogens with one attached hydrogen (secondary N) is 1. The first-order valence-electron chi connectivity index (χ1n) is 9.68. The molecular formula is C20H25N3O5. The lowest BCUT2D eigenvalue weighted by molar-refractivity contribution is -0.185. The lowest BCUT2D eigenvalue weighted by atomic mass is 10.0. The third-order valence-corrected chi connectivity index (χ3v) is 5.61. The smallest absolute Gasteiger partial charge is 0.177 e. The summed E-state index contributed by atoms with van der Waals surface area (Å²) in [6.45, 7) is 4.63. The van der Waals surface area contributed by atoms with E-state index in [2.05, 4.69) is 15.4 Å². The van der Waals surface area contributed by atoms with E-state index in [9.17, 15) is 15.1 Å². The lowest BCUT2D eigenvalue weighted by Gasteiger charge is -2.37. The second-order valence-electron chi connectivity index (χ2n) is 7.29. The summed E-state index contributed by atoms with van der Waals surface area (Å²) < 4.78 is 11.5. The zero-order valence-corrected chi connectivity index (χ0v) is 15.7. The summed E-state index contributed by atoms with van der Waals surface area (Å²) in [5.41, 5.74) is 0.0168. The molecule has 0 radical (unpaired) electrons. The third kappa shape index (κ3) is 3.50. The summed E-state index contributed by atoms with van der Waals surface area (Å²) in [5.74, 6) is -0.657. The number of anilines is 1. The number of hydrogen-bond acceptors (Lipinski definition) is 8. The first-order valence-corrected chi connectivity index (χ1v) is 9.68. The standard InChI is InChI=1S/C20H25N3O5/c24-18-14-4-1-2-5-15(14)19(25)17(22-26)16(18)21-8-3-9-23-10-6-20(7-11-23)27-12-13-28-20/h1-2,4-5,21,24-25H,3,6-13H2. The van der Waals surface area contributed by atoms with Crippen LogP contribution in [-0.2, 0) is 9.47 Å². The number of hydrogen-bond donors (Lipinski definition) is 3. The van der Waals surface area contributed by atoms with Gasteiger partial charge in [-0.05, 0) is 18.1 Å². The Bertz CT molecular complexity index is 857. The van der Waals surface area contributed by atoms with E-state index in [1.165, 1.54) is 0 Å². The molecule has 4 rings (SSSR count). The van der Waals surface area contributed by atoms with Gasteiger partial charge in [0.05, 0.1) is 13.2 Å². The number of piperidine rings is 1. The summed E-state index contributed by atoms with van der Waals surface area (Å²) in [7, 11) is 0. The summed E-state index contributed by atoms with van der Waals surface area (Å²) in [5, 5.41) is 27.8. The Morgan fingerprint density at radius 3 is 2.36 bits per heavy atom. The van der Waals surface area contributed by atoms with E-state index in [0.29, 0.717) is 30.5 Å². The minimum absolute atomic E-state index is 0.0709. The zero-order valence-electron chi connectivity index (χ0n) is 15.7. The third-order valence-electron chi connectivity index (χ3n) is 5.61. The fourth-order valence-corrected chi connectivity index (χ4v) is 4.06. The largest absolute Gasteiger partial charge is 0.505 e. The Hall–Kier alpha value is -2.42. The molecule has 0 unspecified atom stereocenters. The van der Waals surface area contributed by atoms with Crippen molar-refractivity contribution in [1.29, 1.82) is 0 Å². The molecule has 2 aromatic rings. The SMILES string of the molecule is O=Nc1c(NCCCN2CCC3(CC2)OCCO3)c(O)c2ccccc2c1O. The van der Waals surface area contributed by atoms with Gasteiger partial charge in [-0.3, -0.25) is 0 Å². The Kier molecular flexibility index (Phi) is 5.34.